The second kappa shape index (κ2) is 9.00. The lowest BCUT2D eigenvalue weighted by molar-refractivity contribution is -0.136. The molecule has 2 aromatic rings. The number of hydrogen-bond acceptors (Lipinski definition) is 2. The molecule has 2 aromatic carbocycles. The first-order chi connectivity index (χ1) is 13.5. The molecule has 3 rings (SSSR count). The van der Waals surface area contributed by atoms with E-state index in [4.69, 9.17) is 0 Å². The molecule has 0 saturated carbocycles. The number of likely N-dealkylation sites (tertiary alicyclic amines) is 1. The Hall–Kier alpha value is -2.69. The highest BCUT2D eigenvalue weighted by molar-refractivity contribution is 5.91. The Labute approximate surface area is 165 Å². The van der Waals surface area contributed by atoms with Crippen LogP contribution < -0.4 is 5.32 Å². The highest BCUT2D eigenvalue weighted by Crippen LogP contribution is 2.27. The van der Waals surface area contributed by atoms with Crippen LogP contribution in [-0.2, 0) is 9.59 Å². The number of benzene rings is 2. The Morgan fingerprint density at radius 3 is 2.11 bits per heavy atom. The summed E-state index contributed by atoms with van der Waals surface area (Å²) in [5.41, 5.74) is 1.52. The molecule has 4 nitrogen and oxygen atoms in total. The molecule has 1 saturated heterocycles. The molecule has 0 radical (unpaired) electrons. The van der Waals surface area contributed by atoms with Gasteiger partial charge in [0.25, 0.3) is 0 Å². The van der Waals surface area contributed by atoms with E-state index in [0.717, 1.165) is 37.1 Å². The summed E-state index contributed by atoms with van der Waals surface area (Å²) >= 11 is 0. The Bertz CT molecular complexity index is 799. The fourth-order valence-electron chi connectivity index (χ4n) is 3.79. The van der Waals surface area contributed by atoms with Crippen molar-refractivity contribution >= 4 is 11.8 Å². The van der Waals surface area contributed by atoms with Crippen molar-refractivity contribution in [1.82, 2.24) is 10.2 Å². The average molecular weight is 382 g/mol. The van der Waals surface area contributed by atoms with Gasteiger partial charge in [-0.05, 0) is 42.0 Å². The van der Waals surface area contributed by atoms with Crippen molar-refractivity contribution in [3.05, 3.63) is 71.5 Å². The second-order valence-corrected chi connectivity index (χ2v) is 7.66. The molecule has 0 aliphatic carbocycles. The average Bonchev–Trinajstić information content (AvgIpc) is 3.22. The minimum atomic E-state index is -0.714. The molecule has 1 aliphatic heterocycles. The largest absolute Gasteiger partial charge is 0.341 e. The van der Waals surface area contributed by atoms with Crippen LogP contribution in [0.15, 0.2) is 54.6 Å². The number of rotatable bonds is 6. The lowest BCUT2D eigenvalue weighted by Crippen LogP contribution is -2.44. The van der Waals surface area contributed by atoms with Crippen molar-refractivity contribution in [2.45, 2.75) is 38.6 Å². The zero-order valence-corrected chi connectivity index (χ0v) is 16.4. The van der Waals surface area contributed by atoms with Gasteiger partial charge in [0.2, 0.25) is 11.8 Å². The molecule has 1 aliphatic rings. The Balaban J connectivity index is 1.86. The van der Waals surface area contributed by atoms with Gasteiger partial charge >= 0.3 is 0 Å². The fourth-order valence-corrected chi connectivity index (χ4v) is 3.79. The molecule has 5 heteroatoms. The molecule has 1 heterocycles. The summed E-state index contributed by atoms with van der Waals surface area (Å²) in [6, 6.07) is 14.6. The molecule has 0 spiro atoms. The summed E-state index contributed by atoms with van der Waals surface area (Å²) in [5.74, 6) is -1.08. The number of halogens is 1. The maximum Gasteiger partial charge on any atom is 0.249 e. The van der Waals surface area contributed by atoms with E-state index in [1.165, 1.54) is 12.1 Å². The quantitative estimate of drug-likeness (QED) is 0.820. The molecule has 2 atom stereocenters. The molecule has 2 amide bonds. The van der Waals surface area contributed by atoms with Crippen LogP contribution >= 0.6 is 0 Å². The minimum absolute atomic E-state index is 0.00349. The normalized spacial score (nSPS) is 16.1. The van der Waals surface area contributed by atoms with Gasteiger partial charge in [0.1, 0.15) is 11.9 Å². The van der Waals surface area contributed by atoms with E-state index in [2.05, 4.69) is 5.32 Å². The molecular weight excluding hydrogens is 355 g/mol. The molecule has 0 bridgehead atoms. The second-order valence-electron chi connectivity index (χ2n) is 7.66. The lowest BCUT2D eigenvalue weighted by Gasteiger charge is -2.27. The van der Waals surface area contributed by atoms with Crippen LogP contribution in [0, 0.1) is 11.7 Å². The van der Waals surface area contributed by atoms with Crippen molar-refractivity contribution in [3.8, 4) is 0 Å². The van der Waals surface area contributed by atoms with Gasteiger partial charge in [0.15, 0.2) is 0 Å². The third kappa shape index (κ3) is 4.58. The first-order valence-corrected chi connectivity index (χ1v) is 9.87. The number of carbonyl (C=O) groups excluding carboxylic acids is 2. The van der Waals surface area contributed by atoms with E-state index in [0.29, 0.717) is 0 Å². The predicted octanol–water partition coefficient (Wildman–Crippen LogP) is 4.05. The van der Waals surface area contributed by atoms with Crippen molar-refractivity contribution in [2.24, 2.45) is 5.92 Å². The standard InChI is InChI=1S/C23H27FN2O2/c1-16(2)20(17-10-12-19(24)13-11-17)22(27)25-21(18-8-4-3-5-9-18)23(28)26-14-6-7-15-26/h3-5,8-13,16,20-21H,6-7,14-15H2,1-2H3,(H,25,27)/t20?,21-/m1/s1. The zero-order chi connectivity index (χ0) is 20.1. The van der Waals surface area contributed by atoms with E-state index >= 15 is 0 Å². The number of nitrogens with zero attached hydrogens (tertiary/aromatic N) is 1. The Morgan fingerprint density at radius 1 is 0.929 bits per heavy atom. The summed E-state index contributed by atoms with van der Waals surface area (Å²) in [4.78, 5) is 28.1. The van der Waals surface area contributed by atoms with E-state index in [1.54, 1.807) is 12.1 Å². The number of hydrogen-bond donors (Lipinski definition) is 1. The Kier molecular flexibility index (Phi) is 6.45. The molecule has 148 valence electrons. The van der Waals surface area contributed by atoms with Crippen LogP contribution in [0.3, 0.4) is 0 Å². The maximum absolute atomic E-state index is 13.3. The molecule has 1 unspecified atom stereocenters. The topological polar surface area (TPSA) is 49.4 Å². The number of amides is 2. The van der Waals surface area contributed by atoms with Crippen LogP contribution in [0.1, 0.15) is 49.8 Å². The summed E-state index contributed by atoms with van der Waals surface area (Å²) in [6.45, 7) is 5.36. The van der Waals surface area contributed by atoms with E-state index in [9.17, 15) is 14.0 Å². The monoisotopic (exact) mass is 382 g/mol. The Morgan fingerprint density at radius 2 is 1.54 bits per heavy atom. The van der Waals surface area contributed by atoms with Crippen molar-refractivity contribution in [2.75, 3.05) is 13.1 Å². The van der Waals surface area contributed by atoms with Gasteiger partial charge in [0, 0.05) is 13.1 Å². The summed E-state index contributed by atoms with van der Waals surface area (Å²) < 4.78 is 13.3. The van der Waals surface area contributed by atoms with Gasteiger partial charge in [-0.15, -0.1) is 0 Å². The molecular formula is C23H27FN2O2. The van der Waals surface area contributed by atoms with Gasteiger partial charge in [0.05, 0.1) is 5.92 Å². The van der Waals surface area contributed by atoms with Gasteiger partial charge < -0.3 is 10.2 Å². The zero-order valence-electron chi connectivity index (χ0n) is 16.4. The van der Waals surface area contributed by atoms with Gasteiger partial charge in [-0.2, -0.15) is 0 Å². The molecule has 28 heavy (non-hydrogen) atoms. The minimum Gasteiger partial charge on any atom is -0.341 e. The summed E-state index contributed by atoms with van der Waals surface area (Å²) in [6.07, 6.45) is 1.98. The summed E-state index contributed by atoms with van der Waals surface area (Å²) in [5, 5.41) is 2.98. The van der Waals surface area contributed by atoms with Crippen LogP contribution in [0.4, 0.5) is 4.39 Å². The van der Waals surface area contributed by atoms with Crippen LogP contribution in [0.5, 0.6) is 0 Å². The smallest absolute Gasteiger partial charge is 0.249 e. The van der Waals surface area contributed by atoms with Crippen LogP contribution in [0.2, 0.25) is 0 Å². The van der Waals surface area contributed by atoms with E-state index in [1.807, 2.05) is 49.1 Å². The molecule has 0 aromatic heterocycles. The van der Waals surface area contributed by atoms with E-state index < -0.39 is 12.0 Å². The van der Waals surface area contributed by atoms with Crippen molar-refractivity contribution < 1.29 is 14.0 Å². The first-order valence-electron chi connectivity index (χ1n) is 9.87. The van der Waals surface area contributed by atoms with Gasteiger partial charge in [-0.3, -0.25) is 9.59 Å². The molecule has 1 fully saturated rings. The van der Waals surface area contributed by atoms with Crippen LogP contribution in [-0.4, -0.2) is 29.8 Å². The summed E-state index contributed by atoms with van der Waals surface area (Å²) in [7, 11) is 0. The third-order valence-electron chi connectivity index (χ3n) is 5.26. The lowest BCUT2D eigenvalue weighted by atomic mass is 9.87. The van der Waals surface area contributed by atoms with Gasteiger partial charge in [-0.25, -0.2) is 4.39 Å². The predicted molar refractivity (Wildman–Crippen MR) is 107 cm³/mol. The number of carbonyl (C=O) groups is 2. The molecule has 1 N–H and O–H groups in total. The highest BCUT2D eigenvalue weighted by atomic mass is 19.1. The maximum atomic E-state index is 13.3. The van der Waals surface area contributed by atoms with Crippen molar-refractivity contribution in [1.29, 1.82) is 0 Å². The van der Waals surface area contributed by atoms with Crippen LogP contribution in [0.25, 0.3) is 0 Å². The third-order valence-corrected chi connectivity index (χ3v) is 5.26. The number of nitrogens with one attached hydrogen (secondary N) is 1. The first kappa shape index (κ1) is 20.1. The SMILES string of the molecule is CC(C)C(C(=O)N[C@@H](C(=O)N1CCCC1)c1ccccc1)c1ccc(F)cc1. The van der Waals surface area contributed by atoms with E-state index in [-0.39, 0.29) is 23.5 Å². The highest BCUT2D eigenvalue weighted by Gasteiger charge is 2.32. The fraction of sp³-hybridized carbons (Fsp3) is 0.391. The van der Waals surface area contributed by atoms with Gasteiger partial charge in [-0.1, -0.05) is 56.3 Å². The van der Waals surface area contributed by atoms with Crippen molar-refractivity contribution in [3.63, 3.8) is 0 Å².